The SMILES string of the molecule is CC1=NC2C3=C(CC(C4C=CC=C(c5cccc6c5sc5ccccc56)C4)C=C3)C3C=CC=CC3C2N=C1. The van der Waals surface area contributed by atoms with E-state index in [-0.39, 0.29) is 12.1 Å². The highest BCUT2D eigenvalue weighted by molar-refractivity contribution is 7.26. The summed E-state index contributed by atoms with van der Waals surface area (Å²) < 4.78 is 2.79. The van der Waals surface area contributed by atoms with Gasteiger partial charge in [-0.15, -0.1) is 11.3 Å². The van der Waals surface area contributed by atoms with E-state index in [1.165, 1.54) is 36.9 Å². The van der Waals surface area contributed by atoms with Crippen LogP contribution in [0.4, 0.5) is 0 Å². The van der Waals surface area contributed by atoms with E-state index >= 15 is 0 Å². The summed E-state index contributed by atoms with van der Waals surface area (Å²) in [6.45, 7) is 2.08. The Balaban J connectivity index is 1.11. The maximum atomic E-state index is 5.09. The molecule has 0 spiro atoms. The minimum atomic E-state index is 0.160. The number of fused-ring (bicyclic) bond motifs is 8. The van der Waals surface area contributed by atoms with Crippen LogP contribution in [0.5, 0.6) is 0 Å². The summed E-state index contributed by atoms with van der Waals surface area (Å²) in [5, 5.41) is 2.76. The first-order valence-corrected chi connectivity index (χ1v) is 14.7. The molecule has 8 rings (SSSR count). The Morgan fingerprint density at radius 1 is 0.842 bits per heavy atom. The maximum Gasteiger partial charge on any atom is 0.0981 e. The van der Waals surface area contributed by atoms with Crippen LogP contribution >= 0.6 is 11.3 Å². The molecule has 1 aromatic heterocycles. The second-order valence-corrected chi connectivity index (χ2v) is 12.3. The number of allylic oxidation sites excluding steroid dienone is 9. The number of thiophene rings is 1. The first-order valence-electron chi connectivity index (χ1n) is 13.9. The molecule has 2 nitrogen and oxygen atoms in total. The van der Waals surface area contributed by atoms with Crippen molar-refractivity contribution in [1.29, 1.82) is 0 Å². The minimum Gasteiger partial charge on any atom is -0.285 e. The van der Waals surface area contributed by atoms with E-state index in [0.29, 0.717) is 23.7 Å². The Bertz CT molecular complexity index is 1720. The Hall–Kier alpha value is -3.56. The standard InChI is InChI=1S/C35H30N2S/c1-21-20-36-33-28-12-3-2-10-26(28)31-19-23(16-17-29(31)34(33)37-21)22-8-6-9-24(18-22)25-13-7-14-30-27-11-4-5-15-32(27)38-35(25)30/h2-17,20,22-23,26,28,33-34H,18-19H2,1H3. The van der Waals surface area contributed by atoms with Crippen molar-refractivity contribution in [2.45, 2.75) is 31.8 Å². The van der Waals surface area contributed by atoms with Gasteiger partial charge in [-0.25, -0.2) is 0 Å². The maximum absolute atomic E-state index is 5.09. The van der Waals surface area contributed by atoms with Crippen LogP contribution in [0.25, 0.3) is 25.7 Å². The van der Waals surface area contributed by atoms with E-state index in [2.05, 4.69) is 104 Å². The Kier molecular flexibility index (Phi) is 5.16. The molecule has 4 aliphatic carbocycles. The van der Waals surface area contributed by atoms with Crippen molar-refractivity contribution in [3.63, 3.8) is 0 Å². The third-order valence-corrected chi connectivity index (χ3v) is 10.4. The summed E-state index contributed by atoms with van der Waals surface area (Å²) in [5.74, 6) is 1.85. The zero-order valence-corrected chi connectivity index (χ0v) is 22.3. The predicted molar refractivity (Wildman–Crippen MR) is 163 cm³/mol. The molecule has 186 valence electrons. The molecule has 0 radical (unpaired) electrons. The van der Waals surface area contributed by atoms with E-state index in [0.717, 1.165) is 18.6 Å². The van der Waals surface area contributed by atoms with E-state index in [1.807, 2.05) is 17.6 Å². The van der Waals surface area contributed by atoms with E-state index < -0.39 is 0 Å². The van der Waals surface area contributed by atoms with Crippen LogP contribution in [0, 0.1) is 23.7 Å². The number of rotatable bonds is 2. The van der Waals surface area contributed by atoms with Crippen LogP contribution in [0.3, 0.4) is 0 Å². The Labute approximate surface area is 227 Å². The van der Waals surface area contributed by atoms with Gasteiger partial charge in [-0.3, -0.25) is 9.98 Å². The second kappa shape index (κ2) is 8.74. The molecule has 0 bridgehead atoms. The summed E-state index contributed by atoms with van der Waals surface area (Å²) in [4.78, 5) is 10.1. The van der Waals surface area contributed by atoms with E-state index in [9.17, 15) is 0 Å². The van der Waals surface area contributed by atoms with Gasteiger partial charge in [-0.05, 0) is 54.4 Å². The molecule has 0 fully saturated rings. The summed E-state index contributed by atoms with van der Waals surface area (Å²) >= 11 is 1.93. The van der Waals surface area contributed by atoms with Crippen LogP contribution in [0.15, 0.2) is 118 Å². The highest BCUT2D eigenvalue weighted by Gasteiger charge is 2.44. The third-order valence-electron chi connectivity index (χ3n) is 9.15. The lowest BCUT2D eigenvalue weighted by Gasteiger charge is -2.44. The fourth-order valence-electron chi connectivity index (χ4n) is 7.35. The van der Waals surface area contributed by atoms with Gasteiger partial charge in [0.15, 0.2) is 0 Å². The molecule has 2 heterocycles. The topological polar surface area (TPSA) is 24.7 Å². The fourth-order valence-corrected chi connectivity index (χ4v) is 8.60. The van der Waals surface area contributed by atoms with Crippen LogP contribution in [0.2, 0.25) is 0 Å². The fraction of sp³-hybridized carbons (Fsp3) is 0.257. The number of benzene rings is 2. The number of hydrogen-bond acceptors (Lipinski definition) is 3. The zero-order valence-electron chi connectivity index (χ0n) is 21.5. The number of aliphatic imine (C=N–C) groups is 2. The van der Waals surface area contributed by atoms with Crippen molar-refractivity contribution >= 4 is 49.0 Å². The van der Waals surface area contributed by atoms with Crippen molar-refractivity contribution < 1.29 is 0 Å². The lowest BCUT2D eigenvalue weighted by atomic mass is 9.63. The van der Waals surface area contributed by atoms with Gasteiger partial charge in [-0.2, -0.15) is 0 Å². The molecule has 6 atom stereocenters. The van der Waals surface area contributed by atoms with Crippen molar-refractivity contribution in [3.05, 3.63) is 114 Å². The first-order chi connectivity index (χ1) is 18.7. The largest absolute Gasteiger partial charge is 0.285 e. The van der Waals surface area contributed by atoms with Gasteiger partial charge >= 0.3 is 0 Å². The molecule has 3 heteroatoms. The smallest absolute Gasteiger partial charge is 0.0981 e. The predicted octanol–water partition coefficient (Wildman–Crippen LogP) is 8.54. The van der Waals surface area contributed by atoms with E-state index in [4.69, 9.17) is 9.98 Å². The monoisotopic (exact) mass is 510 g/mol. The number of hydrogen-bond donors (Lipinski definition) is 0. The first kappa shape index (κ1) is 22.4. The highest BCUT2D eigenvalue weighted by atomic mass is 32.1. The van der Waals surface area contributed by atoms with Gasteiger partial charge < -0.3 is 0 Å². The molecule has 0 saturated heterocycles. The molecular weight excluding hydrogens is 480 g/mol. The molecule has 2 aromatic carbocycles. The Morgan fingerprint density at radius 2 is 1.71 bits per heavy atom. The normalized spacial score (nSPS) is 31.3. The Morgan fingerprint density at radius 3 is 2.68 bits per heavy atom. The zero-order chi connectivity index (χ0) is 25.2. The van der Waals surface area contributed by atoms with Gasteiger partial charge in [0.2, 0.25) is 0 Å². The molecule has 6 unspecified atom stereocenters. The van der Waals surface area contributed by atoms with Gasteiger partial charge in [-0.1, -0.05) is 96.7 Å². The quantitative estimate of drug-likeness (QED) is 0.330. The number of nitrogens with zero attached hydrogens (tertiary/aromatic N) is 2. The molecule has 0 saturated carbocycles. The summed E-state index contributed by atoms with van der Waals surface area (Å²) in [6.07, 6.45) is 25.4. The lowest BCUT2D eigenvalue weighted by Crippen LogP contribution is -2.44. The van der Waals surface area contributed by atoms with Gasteiger partial charge in [0.25, 0.3) is 0 Å². The van der Waals surface area contributed by atoms with Gasteiger partial charge in [0, 0.05) is 38.2 Å². The van der Waals surface area contributed by atoms with Gasteiger partial charge in [0.1, 0.15) is 0 Å². The van der Waals surface area contributed by atoms with Gasteiger partial charge in [0.05, 0.1) is 17.8 Å². The van der Waals surface area contributed by atoms with Crippen LogP contribution in [-0.2, 0) is 0 Å². The highest BCUT2D eigenvalue weighted by Crippen LogP contribution is 2.49. The van der Waals surface area contributed by atoms with Crippen LogP contribution < -0.4 is 0 Å². The van der Waals surface area contributed by atoms with Crippen molar-refractivity contribution in [1.82, 2.24) is 0 Å². The average molecular weight is 511 g/mol. The third kappa shape index (κ3) is 3.45. The van der Waals surface area contributed by atoms with Crippen molar-refractivity contribution in [2.75, 3.05) is 0 Å². The van der Waals surface area contributed by atoms with Crippen molar-refractivity contribution in [3.8, 4) is 0 Å². The van der Waals surface area contributed by atoms with Crippen molar-refractivity contribution in [2.24, 2.45) is 33.7 Å². The molecule has 38 heavy (non-hydrogen) atoms. The van der Waals surface area contributed by atoms with E-state index in [1.54, 1.807) is 5.57 Å². The molecule has 5 aliphatic rings. The molecular formula is C35H30N2S. The molecule has 3 aromatic rings. The molecule has 1 aliphatic heterocycles. The summed E-state index contributed by atoms with van der Waals surface area (Å²) in [5.41, 5.74) is 6.93. The second-order valence-electron chi connectivity index (χ2n) is 11.3. The van der Waals surface area contributed by atoms with Crippen LogP contribution in [0.1, 0.15) is 25.3 Å². The summed E-state index contributed by atoms with van der Waals surface area (Å²) in [6, 6.07) is 16.0. The molecule has 0 N–H and O–H groups in total. The molecule has 0 amide bonds. The van der Waals surface area contributed by atoms with Crippen LogP contribution in [-0.4, -0.2) is 24.0 Å². The minimum absolute atomic E-state index is 0.160. The lowest BCUT2D eigenvalue weighted by molar-refractivity contribution is 0.341. The average Bonchev–Trinajstić information content (AvgIpc) is 3.36. The summed E-state index contributed by atoms with van der Waals surface area (Å²) in [7, 11) is 0.